The molecule has 0 aliphatic heterocycles. The van der Waals surface area contributed by atoms with Crippen LogP contribution in [0.2, 0.25) is 0 Å². The molecular weight excluding hydrogens is 306 g/mol. The highest BCUT2D eigenvalue weighted by molar-refractivity contribution is 9.10. The lowest BCUT2D eigenvalue weighted by molar-refractivity contribution is 0.595. The van der Waals surface area contributed by atoms with Gasteiger partial charge in [0.1, 0.15) is 0 Å². The van der Waals surface area contributed by atoms with Crippen LogP contribution >= 0.6 is 27.3 Å². The number of rotatable bonds is 6. The summed E-state index contributed by atoms with van der Waals surface area (Å²) >= 11 is 5.33. The monoisotopic (exact) mass is 323 g/mol. The summed E-state index contributed by atoms with van der Waals surface area (Å²) in [6.45, 7) is 4.21. The van der Waals surface area contributed by atoms with Gasteiger partial charge in [-0.2, -0.15) is 11.3 Å². The fourth-order valence-corrected chi connectivity index (χ4v) is 3.18. The summed E-state index contributed by atoms with van der Waals surface area (Å²) in [7, 11) is 0. The number of halogens is 1. The molecule has 1 N–H and O–H groups in total. The molecule has 0 bridgehead atoms. The van der Waals surface area contributed by atoms with Gasteiger partial charge in [-0.25, -0.2) is 0 Å². The first-order valence-electron chi connectivity index (χ1n) is 6.27. The minimum Gasteiger partial charge on any atom is -0.316 e. The number of hydrogen-bond donors (Lipinski definition) is 1. The van der Waals surface area contributed by atoms with Gasteiger partial charge in [-0.05, 0) is 53.1 Å². The molecule has 1 heterocycles. The largest absolute Gasteiger partial charge is 0.316 e. The summed E-state index contributed by atoms with van der Waals surface area (Å²) < 4.78 is 1.16. The van der Waals surface area contributed by atoms with E-state index in [1.165, 1.54) is 11.1 Å². The first kappa shape index (κ1) is 13.8. The van der Waals surface area contributed by atoms with Gasteiger partial charge in [-0.1, -0.05) is 35.0 Å². The molecule has 0 amide bonds. The van der Waals surface area contributed by atoms with Gasteiger partial charge in [0.05, 0.1) is 0 Å². The van der Waals surface area contributed by atoms with Crippen LogP contribution in [-0.4, -0.2) is 13.1 Å². The molecule has 1 aromatic heterocycles. The zero-order valence-electron chi connectivity index (χ0n) is 10.5. The fourth-order valence-electron chi connectivity index (χ4n) is 2.08. The molecule has 0 saturated heterocycles. The predicted molar refractivity (Wildman–Crippen MR) is 83.4 cm³/mol. The first-order valence-corrected chi connectivity index (χ1v) is 8.00. The average molecular weight is 324 g/mol. The Bertz CT molecular complexity index is 467. The zero-order valence-corrected chi connectivity index (χ0v) is 12.9. The molecule has 1 nitrogen and oxygen atoms in total. The molecule has 2 rings (SSSR count). The second-order valence-electron chi connectivity index (χ2n) is 4.40. The van der Waals surface area contributed by atoms with Crippen LogP contribution in [0.25, 0.3) is 0 Å². The van der Waals surface area contributed by atoms with Crippen LogP contribution in [0.15, 0.2) is 45.6 Å². The van der Waals surface area contributed by atoms with Gasteiger partial charge in [0.25, 0.3) is 0 Å². The lowest BCUT2D eigenvalue weighted by Gasteiger charge is -2.17. The molecule has 1 unspecified atom stereocenters. The molecule has 2 aromatic rings. The first-order chi connectivity index (χ1) is 8.79. The van der Waals surface area contributed by atoms with E-state index in [1.807, 2.05) is 0 Å². The molecule has 96 valence electrons. The zero-order chi connectivity index (χ0) is 12.8. The number of benzene rings is 1. The maximum absolute atomic E-state index is 3.56. The van der Waals surface area contributed by atoms with E-state index in [9.17, 15) is 0 Å². The summed E-state index contributed by atoms with van der Waals surface area (Å²) in [4.78, 5) is 0. The summed E-state index contributed by atoms with van der Waals surface area (Å²) in [6.07, 6.45) is 1.10. The lowest BCUT2D eigenvalue weighted by atomic mass is 9.93. The van der Waals surface area contributed by atoms with Crippen LogP contribution in [0.1, 0.15) is 24.0 Å². The molecule has 0 aliphatic rings. The Labute approximate surface area is 121 Å². The molecule has 0 fully saturated rings. The second kappa shape index (κ2) is 7.07. The highest BCUT2D eigenvalue weighted by Gasteiger charge is 2.12. The number of hydrogen-bond acceptors (Lipinski definition) is 2. The van der Waals surface area contributed by atoms with Crippen LogP contribution < -0.4 is 5.32 Å². The minimum absolute atomic E-state index is 0.539. The van der Waals surface area contributed by atoms with Gasteiger partial charge >= 0.3 is 0 Å². The summed E-state index contributed by atoms with van der Waals surface area (Å²) in [5.74, 6) is 0.539. The van der Waals surface area contributed by atoms with Gasteiger partial charge in [0.15, 0.2) is 0 Å². The molecular formula is C15H18BrNS. The van der Waals surface area contributed by atoms with Crippen molar-refractivity contribution in [3.05, 3.63) is 56.7 Å². The Morgan fingerprint density at radius 1 is 1.33 bits per heavy atom. The van der Waals surface area contributed by atoms with Crippen molar-refractivity contribution in [3.63, 3.8) is 0 Å². The Kier molecular flexibility index (Phi) is 5.42. The Morgan fingerprint density at radius 2 is 2.22 bits per heavy atom. The van der Waals surface area contributed by atoms with Crippen molar-refractivity contribution in [3.8, 4) is 0 Å². The predicted octanol–water partition coefficient (Wildman–Crippen LogP) is 4.45. The molecule has 1 aromatic carbocycles. The van der Waals surface area contributed by atoms with Crippen LogP contribution in [0, 0.1) is 0 Å². The molecule has 1 atom stereocenters. The maximum atomic E-state index is 3.56. The van der Waals surface area contributed by atoms with Gasteiger partial charge in [0.2, 0.25) is 0 Å². The Hall–Kier alpha value is -0.640. The normalized spacial score (nSPS) is 12.6. The van der Waals surface area contributed by atoms with E-state index < -0.39 is 0 Å². The Morgan fingerprint density at radius 3 is 2.89 bits per heavy atom. The quantitative estimate of drug-likeness (QED) is 0.828. The third-order valence-corrected chi connectivity index (χ3v) is 4.25. The highest BCUT2D eigenvalue weighted by Crippen LogP contribution is 2.24. The van der Waals surface area contributed by atoms with E-state index in [4.69, 9.17) is 0 Å². The van der Waals surface area contributed by atoms with Crippen LogP contribution in [0.4, 0.5) is 0 Å². The minimum atomic E-state index is 0.539. The second-order valence-corrected chi connectivity index (χ2v) is 6.09. The van der Waals surface area contributed by atoms with Gasteiger partial charge in [-0.3, -0.25) is 0 Å². The lowest BCUT2D eigenvalue weighted by Crippen LogP contribution is -2.22. The van der Waals surface area contributed by atoms with E-state index in [-0.39, 0.29) is 0 Å². The summed E-state index contributed by atoms with van der Waals surface area (Å²) in [5.41, 5.74) is 2.83. The van der Waals surface area contributed by atoms with Crippen molar-refractivity contribution >= 4 is 27.3 Å². The van der Waals surface area contributed by atoms with Crippen molar-refractivity contribution < 1.29 is 0 Å². The van der Waals surface area contributed by atoms with Crippen molar-refractivity contribution in [1.29, 1.82) is 0 Å². The van der Waals surface area contributed by atoms with Crippen LogP contribution in [-0.2, 0) is 6.42 Å². The number of thiophene rings is 1. The van der Waals surface area contributed by atoms with E-state index >= 15 is 0 Å². The van der Waals surface area contributed by atoms with E-state index in [2.05, 4.69) is 69.3 Å². The molecule has 18 heavy (non-hydrogen) atoms. The van der Waals surface area contributed by atoms with Crippen molar-refractivity contribution in [2.45, 2.75) is 19.3 Å². The van der Waals surface area contributed by atoms with E-state index in [1.54, 1.807) is 11.3 Å². The number of nitrogens with one attached hydrogen (secondary N) is 1. The van der Waals surface area contributed by atoms with Gasteiger partial charge in [-0.15, -0.1) is 0 Å². The highest BCUT2D eigenvalue weighted by atomic mass is 79.9. The third kappa shape index (κ3) is 3.94. The van der Waals surface area contributed by atoms with Crippen molar-refractivity contribution in [2.24, 2.45) is 0 Å². The number of likely N-dealkylation sites (N-methyl/N-ethyl adjacent to an activating group) is 1. The molecule has 0 saturated carbocycles. The Balaban J connectivity index is 2.13. The average Bonchev–Trinajstić information content (AvgIpc) is 2.87. The standard InChI is InChI=1S/C15H18BrNS/c1-2-17-10-14(8-12-6-7-18-11-12)13-4-3-5-15(16)9-13/h3-7,9,11,14,17H,2,8,10H2,1H3. The van der Waals surface area contributed by atoms with Gasteiger partial charge < -0.3 is 5.32 Å². The molecule has 0 radical (unpaired) electrons. The van der Waals surface area contributed by atoms with Crippen molar-refractivity contribution in [1.82, 2.24) is 5.32 Å². The SMILES string of the molecule is CCNCC(Cc1ccsc1)c1cccc(Br)c1. The maximum Gasteiger partial charge on any atom is 0.0178 e. The van der Waals surface area contributed by atoms with Crippen molar-refractivity contribution in [2.75, 3.05) is 13.1 Å². The molecule has 0 spiro atoms. The van der Waals surface area contributed by atoms with E-state index in [0.29, 0.717) is 5.92 Å². The topological polar surface area (TPSA) is 12.0 Å². The van der Waals surface area contributed by atoms with Crippen LogP contribution in [0.5, 0.6) is 0 Å². The summed E-state index contributed by atoms with van der Waals surface area (Å²) in [6, 6.07) is 10.9. The smallest absolute Gasteiger partial charge is 0.0178 e. The molecule has 0 aliphatic carbocycles. The fraction of sp³-hybridized carbons (Fsp3) is 0.333. The van der Waals surface area contributed by atoms with Gasteiger partial charge in [0, 0.05) is 16.9 Å². The van der Waals surface area contributed by atoms with E-state index in [0.717, 1.165) is 24.0 Å². The third-order valence-electron chi connectivity index (χ3n) is 3.02. The van der Waals surface area contributed by atoms with Crippen LogP contribution in [0.3, 0.4) is 0 Å². The summed E-state index contributed by atoms with van der Waals surface area (Å²) in [5, 5.41) is 7.87. The molecule has 3 heteroatoms.